The Morgan fingerprint density at radius 1 is 1.17 bits per heavy atom. The van der Waals surface area contributed by atoms with Crippen molar-refractivity contribution in [3.63, 3.8) is 0 Å². The summed E-state index contributed by atoms with van der Waals surface area (Å²) < 4.78 is 0. The van der Waals surface area contributed by atoms with Crippen molar-refractivity contribution in [2.75, 3.05) is 6.54 Å². The van der Waals surface area contributed by atoms with E-state index < -0.39 is 24.3 Å². The van der Waals surface area contributed by atoms with Gasteiger partial charge in [0.1, 0.15) is 6.54 Å². The molecule has 0 unspecified atom stereocenters. The third kappa shape index (κ3) is 4.88. The summed E-state index contributed by atoms with van der Waals surface area (Å²) in [6.07, 6.45) is 1.36. The molecule has 0 saturated heterocycles. The lowest BCUT2D eigenvalue weighted by Gasteiger charge is -1.99. The fourth-order valence-corrected chi connectivity index (χ4v) is 0.991. The van der Waals surface area contributed by atoms with E-state index in [-0.39, 0.29) is 0 Å². The standard InChI is InChI=1S/C11H11N3O4/c15-9(16)7-12-10(17)11(18)14-13-6-8-4-2-1-3-5-8/h1-6H,7H2,(H,12,17)(H,14,18)(H,15,16)/b13-6-. The first kappa shape index (κ1) is 13.4. The number of carboxylic acid groups (broad SMARTS) is 1. The first-order valence-electron chi connectivity index (χ1n) is 4.97. The average molecular weight is 249 g/mol. The number of carboxylic acids is 1. The van der Waals surface area contributed by atoms with Gasteiger partial charge in [0.05, 0.1) is 6.21 Å². The normalized spacial score (nSPS) is 10.0. The average Bonchev–Trinajstić information content (AvgIpc) is 2.37. The SMILES string of the molecule is O=C(O)CNC(=O)C(=O)N/N=C\c1ccccc1. The molecule has 0 aliphatic heterocycles. The molecule has 1 aromatic rings. The molecular weight excluding hydrogens is 238 g/mol. The van der Waals surface area contributed by atoms with Crippen LogP contribution in [0, 0.1) is 0 Å². The summed E-state index contributed by atoms with van der Waals surface area (Å²) in [5.74, 6) is -3.31. The summed E-state index contributed by atoms with van der Waals surface area (Å²) in [6.45, 7) is -0.616. The molecule has 0 fully saturated rings. The maximum Gasteiger partial charge on any atom is 0.329 e. The molecule has 0 aliphatic rings. The molecule has 7 heteroatoms. The fraction of sp³-hybridized carbons (Fsp3) is 0.0909. The molecule has 0 heterocycles. The number of aliphatic carboxylic acids is 1. The van der Waals surface area contributed by atoms with Crippen LogP contribution in [0.3, 0.4) is 0 Å². The number of nitrogens with zero attached hydrogens (tertiary/aromatic N) is 1. The molecule has 2 amide bonds. The minimum atomic E-state index is -1.23. The van der Waals surface area contributed by atoms with Crippen LogP contribution in [0.25, 0.3) is 0 Å². The zero-order chi connectivity index (χ0) is 13.4. The fourth-order valence-electron chi connectivity index (χ4n) is 0.991. The highest BCUT2D eigenvalue weighted by atomic mass is 16.4. The van der Waals surface area contributed by atoms with Gasteiger partial charge >= 0.3 is 17.8 Å². The van der Waals surface area contributed by atoms with Crippen LogP contribution >= 0.6 is 0 Å². The maximum absolute atomic E-state index is 11.1. The minimum Gasteiger partial charge on any atom is -0.480 e. The summed E-state index contributed by atoms with van der Waals surface area (Å²) >= 11 is 0. The Morgan fingerprint density at radius 2 is 1.83 bits per heavy atom. The van der Waals surface area contributed by atoms with Gasteiger partial charge in [-0.3, -0.25) is 14.4 Å². The van der Waals surface area contributed by atoms with Gasteiger partial charge in [-0.25, -0.2) is 5.43 Å². The molecule has 0 atom stereocenters. The molecule has 1 rings (SSSR count). The van der Waals surface area contributed by atoms with E-state index >= 15 is 0 Å². The van der Waals surface area contributed by atoms with Crippen LogP contribution in [0.15, 0.2) is 35.4 Å². The van der Waals surface area contributed by atoms with Gasteiger partial charge < -0.3 is 10.4 Å². The first-order chi connectivity index (χ1) is 8.59. The predicted molar refractivity (Wildman–Crippen MR) is 62.8 cm³/mol. The second kappa shape index (κ2) is 6.79. The van der Waals surface area contributed by atoms with Gasteiger partial charge in [0.2, 0.25) is 0 Å². The van der Waals surface area contributed by atoms with Crippen LogP contribution in [0.4, 0.5) is 0 Å². The van der Waals surface area contributed by atoms with Crippen LogP contribution < -0.4 is 10.7 Å². The van der Waals surface area contributed by atoms with Crippen molar-refractivity contribution >= 4 is 24.0 Å². The summed E-state index contributed by atoms with van der Waals surface area (Å²) in [5.41, 5.74) is 2.73. The zero-order valence-electron chi connectivity index (χ0n) is 9.29. The van der Waals surface area contributed by atoms with Crippen molar-refractivity contribution in [2.45, 2.75) is 0 Å². The summed E-state index contributed by atoms with van der Waals surface area (Å²) in [5, 5.41) is 13.8. The topological polar surface area (TPSA) is 108 Å². The molecule has 0 aromatic heterocycles. The molecule has 3 N–H and O–H groups in total. The predicted octanol–water partition coefficient (Wildman–Crippen LogP) is -0.662. The second-order valence-electron chi connectivity index (χ2n) is 3.19. The van der Waals surface area contributed by atoms with E-state index in [1.165, 1.54) is 6.21 Å². The smallest absolute Gasteiger partial charge is 0.329 e. The number of benzene rings is 1. The Hall–Kier alpha value is -2.70. The lowest BCUT2D eigenvalue weighted by atomic mass is 10.2. The molecule has 0 spiro atoms. The second-order valence-corrected chi connectivity index (χ2v) is 3.19. The summed E-state index contributed by atoms with van der Waals surface area (Å²) in [4.78, 5) is 32.3. The van der Waals surface area contributed by atoms with E-state index in [1.807, 2.05) is 16.8 Å². The number of nitrogens with one attached hydrogen (secondary N) is 2. The van der Waals surface area contributed by atoms with Crippen molar-refractivity contribution < 1.29 is 19.5 Å². The molecule has 18 heavy (non-hydrogen) atoms. The third-order valence-electron chi connectivity index (χ3n) is 1.79. The Bertz CT molecular complexity index is 470. The maximum atomic E-state index is 11.1. The number of amides is 2. The quantitative estimate of drug-likeness (QED) is 0.374. The number of hydrazone groups is 1. The zero-order valence-corrected chi connectivity index (χ0v) is 9.29. The van der Waals surface area contributed by atoms with Gasteiger partial charge in [-0.15, -0.1) is 0 Å². The highest BCUT2D eigenvalue weighted by Gasteiger charge is 2.12. The minimum absolute atomic E-state index is 0.616. The van der Waals surface area contributed by atoms with E-state index in [4.69, 9.17) is 5.11 Å². The highest BCUT2D eigenvalue weighted by Crippen LogP contribution is 1.92. The number of hydrogen-bond acceptors (Lipinski definition) is 4. The number of carbonyl (C=O) groups excluding carboxylic acids is 2. The Morgan fingerprint density at radius 3 is 2.44 bits per heavy atom. The van der Waals surface area contributed by atoms with E-state index in [0.29, 0.717) is 0 Å². The van der Waals surface area contributed by atoms with Gasteiger partial charge in [-0.05, 0) is 5.56 Å². The molecular formula is C11H11N3O4. The molecule has 0 aliphatic carbocycles. The lowest BCUT2D eigenvalue weighted by molar-refractivity contribution is -0.142. The Labute approximate surface area is 103 Å². The van der Waals surface area contributed by atoms with Gasteiger partial charge in [0.25, 0.3) is 0 Å². The third-order valence-corrected chi connectivity index (χ3v) is 1.79. The molecule has 0 saturated carbocycles. The number of carbonyl (C=O) groups is 3. The van der Waals surface area contributed by atoms with Gasteiger partial charge in [0, 0.05) is 0 Å². The number of hydrogen-bond donors (Lipinski definition) is 3. The van der Waals surface area contributed by atoms with Crippen LogP contribution in [-0.4, -0.2) is 35.6 Å². The van der Waals surface area contributed by atoms with Crippen molar-refractivity contribution in [3.05, 3.63) is 35.9 Å². The van der Waals surface area contributed by atoms with Crippen LogP contribution in [0.1, 0.15) is 5.56 Å². The van der Waals surface area contributed by atoms with Crippen molar-refractivity contribution in [1.29, 1.82) is 0 Å². The summed E-state index contributed by atoms with van der Waals surface area (Å²) in [7, 11) is 0. The summed E-state index contributed by atoms with van der Waals surface area (Å²) in [6, 6.07) is 8.95. The molecule has 7 nitrogen and oxygen atoms in total. The van der Waals surface area contributed by atoms with Crippen LogP contribution in [-0.2, 0) is 14.4 Å². The molecule has 1 aromatic carbocycles. The van der Waals surface area contributed by atoms with E-state index in [2.05, 4.69) is 5.10 Å². The molecule has 0 radical (unpaired) electrons. The van der Waals surface area contributed by atoms with Gasteiger partial charge in [-0.2, -0.15) is 5.10 Å². The first-order valence-corrected chi connectivity index (χ1v) is 4.97. The van der Waals surface area contributed by atoms with Gasteiger partial charge in [0.15, 0.2) is 0 Å². The highest BCUT2D eigenvalue weighted by molar-refractivity contribution is 6.35. The Kier molecular flexibility index (Phi) is 5.04. The van der Waals surface area contributed by atoms with E-state index in [0.717, 1.165) is 5.56 Å². The van der Waals surface area contributed by atoms with Crippen LogP contribution in [0.5, 0.6) is 0 Å². The van der Waals surface area contributed by atoms with E-state index in [1.54, 1.807) is 24.3 Å². The Balaban J connectivity index is 2.39. The van der Waals surface area contributed by atoms with Gasteiger partial charge in [-0.1, -0.05) is 30.3 Å². The van der Waals surface area contributed by atoms with Crippen molar-refractivity contribution in [1.82, 2.24) is 10.7 Å². The lowest BCUT2D eigenvalue weighted by Crippen LogP contribution is -2.40. The van der Waals surface area contributed by atoms with Crippen LogP contribution in [0.2, 0.25) is 0 Å². The van der Waals surface area contributed by atoms with E-state index in [9.17, 15) is 14.4 Å². The van der Waals surface area contributed by atoms with Crippen molar-refractivity contribution in [3.8, 4) is 0 Å². The monoisotopic (exact) mass is 249 g/mol. The van der Waals surface area contributed by atoms with Crippen molar-refractivity contribution in [2.24, 2.45) is 5.10 Å². The number of rotatable bonds is 4. The molecule has 0 bridgehead atoms. The molecule has 94 valence electrons. The largest absolute Gasteiger partial charge is 0.480 e.